The Morgan fingerprint density at radius 3 is 2.28 bits per heavy atom. The topological polar surface area (TPSA) is 77.9 Å². The van der Waals surface area contributed by atoms with Gasteiger partial charge >= 0.3 is 5.97 Å². The van der Waals surface area contributed by atoms with Crippen LogP contribution in [-0.4, -0.2) is 54.3 Å². The zero-order chi connectivity index (χ0) is 13.2. The van der Waals surface area contributed by atoms with E-state index in [9.17, 15) is 13.2 Å². The molecule has 18 heavy (non-hydrogen) atoms. The molecule has 0 atom stereocenters. The molecule has 6 nitrogen and oxygen atoms in total. The van der Waals surface area contributed by atoms with Crippen LogP contribution in [0, 0.1) is 5.92 Å². The molecule has 1 saturated heterocycles. The summed E-state index contributed by atoms with van der Waals surface area (Å²) in [6, 6.07) is 0. The minimum atomic E-state index is -3.41. The average molecular weight is 274 g/mol. The molecule has 7 heteroatoms. The summed E-state index contributed by atoms with van der Waals surface area (Å²) in [6.45, 7) is 1.54. The maximum Gasteiger partial charge on any atom is 0.306 e. The maximum atomic E-state index is 12.3. The monoisotopic (exact) mass is 274 g/mol. The van der Waals surface area contributed by atoms with Gasteiger partial charge in [0.2, 0.25) is 0 Å². The Morgan fingerprint density at radius 2 is 1.78 bits per heavy atom. The number of carboxylic acids is 1. The van der Waals surface area contributed by atoms with Gasteiger partial charge in [-0.3, -0.25) is 4.79 Å². The van der Waals surface area contributed by atoms with Gasteiger partial charge in [0.15, 0.2) is 0 Å². The quantitative estimate of drug-likeness (QED) is 0.750. The second kappa shape index (κ2) is 5.38. The first-order valence-corrected chi connectivity index (χ1v) is 7.54. The van der Waals surface area contributed by atoms with Gasteiger partial charge in [-0.2, -0.15) is 17.0 Å². The van der Waals surface area contributed by atoms with Gasteiger partial charge in [-0.25, -0.2) is 0 Å². The van der Waals surface area contributed by atoms with Crippen LogP contribution in [0.4, 0.5) is 0 Å². The van der Waals surface area contributed by atoms with E-state index in [2.05, 4.69) is 0 Å². The van der Waals surface area contributed by atoms with Crippen molar-refractivity contribution in [3.63, 3.8) is 0 Å². The Bertz CT molecular complexity index is 438. The summed E-state index contributed by atoms with van der Waals surface area (Å²) in [4.78, 5) is 10.8. The van der Waals surface area contributed by atoms with E-state index in [4.69, 9.17) is 5.11 Å². The Labute approximate surface area is 107 Å². The predicted octanol–water partition coefficient (Wildman–Crippen LogP) is 0.290. The average Bonchev–Trinajstić information content (AvgIpc) is 2.40. The van der Waals surface area contributed by atoms with Crippen LogP contribution in [0.25, 0.3) is 0 Å². The molecule has 0 unspecified atom stereocenters. The molecule has 2 aliphatic rings. The third-order valence-corrected chi connectivity index (χ3v) is 5.48. The molecule has 0 spiro atoms. The van der Waals surface area contributed by atoms with Gasteiger partial charge in [-0.1, -0.05) is 12.2 Å². The fraction of sp³-hybridized carbons (Fsp3) is 0.727. The van der Waals surface area contributed by atoms with E-state index in [1.165, 1.54) is 8.61 Å². The Balaban J connectivity index is 1.99. The highest BCUT2D eigenvalue weighted by molar-refractivity contribution is 7.86. The molecule has 0 aromatic heterocycles. The molecule has 0 aromatic carbocycles. The Kier molecular flexibility index (Phi) is 4.04. The number of nitrogens with zero attached hydrogens (tertiary/aromatic N) is 2. The van der Waals surface area contributed by atoms with Crippen LogP contribution in [0.15, 0.2) is 12.2 Å². The molecule has 2 aliphatic heterocycles. The first-order valence-electron chi connectivity index (χ1n) is 6.15. The van der Waals surface area contributed by atoms with Crippen molar-refractivity contribution in [2.24, 2.45) is 5.92 Å². The highest BCUT2D eigenvalue weighted by Gasteiger charge is 2.34. The van der Waals surface area contributed by atoms with E-state index in [-0.39, 0.29) is 0 Å². The number of hydrogen-bond acceptors (Lipinski definition) is 3. The molecule has 0 saturated carbocycles. The first-order chi connectivity index (χ1) is 8.51. The van der Waals surface area contributed by atoms with Crippen molar-refractivity contribution in [2.75, 3.05) is 26.2 Å². The van der Waals surface area contributed by atoms with E-state index in [1.54, 1.807) is 0 Å². The van der Waals surface area contributed by atoms with Gasteiger partial charge in [-0.05, 0) is 19.3 Å². The van der Waals surface area contributed by atoms with Crippen LogP contribution in [-0.2, 0) is 15.0 Å². The lowest BCUT2D eigenvalue weighted by atomic mass is 9.99. The molecule has 2 rings (SSSR count). The van der Waals surface area contributed by atoms with Crippen molar-refractivity contribution in [2.45, 2.75) is 19.3 Å². The van der Waals surface area contributed by atoms with Crippen LogP contribution in [0.2, 0.25) is 0 Å². The molecule has 102 valence electrons. The van der Waals surface area contributed by atoms with Gasteiger partial charge < -0.3 is 5.11 Å². The maximum absolute atomic E-state index is 12.3. The summed E-state index contributed by atoms with van der Waals surface area (Å²) < 4.78 is 27.4. The summed E-state index contributed by atoms with van der Waals surface area (Å²) in [6.07, 6.45) is 5.37. The lowest BCUT2D eigenvalue weighted by Crippen LogP contribution is -2.48. The first kappa shape index (κ1) is 13.5. The van der Waals surface area contributed by atoms with Crippen LogP contribution >= 0.6 is 0 Å². The summed E-state index contributed by atoms with van der Waals surface area (Å²) in [7, 11) is -3.41. The number of piperidine rings is 1. The number of hydrogen-bond donors (Lipinski definition) is 1. The second-order valence-corrected chi connectivity index (χ2v) is 6.57. The molecular formula is C11H18N2O4S. The standard InChI is InChI=1S/C11H18N2O4S/c14-11(15)10-4-8-13(9-5-10)18(16,17)12-6-2-1-3-7-12/h1-2,10H,3-9H2,(H,14,15). The molecule has 1 fully saturated rings. The highest BCUT2D eigenvalue weighted by Crippen LogP contribution is 2.22. The largest absolute Gasteiger partial charge is 0.481 e. The van der Waals surface area contributed by atoms with E-state index >= 15 is 0 Å². The normalized spacial score (nSPS) is 24.2. The lowest BCUT2D eigenvalue weighted by molar-refractivity contribution is -0.142. The van der Waals surface area contributed by atoms with Gasteiger partial charge in [-0.15, -0.1) is 0 Å². The molecule has 0 bridgehead atoms. The minimum absolute atomic E-state index is 0.305. The molecule has 2 heterocycles. The Morgan fingerprint density at radius 1 is 1.11 bits per heavy atom. The fourth-order valence-electron chi connectivity index (χ4n) is 2.33. The fourth-order valence-corrected chi connectivity index (χ4v) is 3.94. The van der Waals surface area contributed by atoms with Crippen molar-refractivity contribution < 1.29 is 18.3 Å². The summed E-state index contributed by atoms with van der Waals surface area (Å²) in [5.41, 5.74) is 0. The van der Waals surface area contributed by atoms with Crippen LogP contribution in [0.3, 0.4) is 0 Å². The molecule has 0 amide bonds. The van der Waals surface area contributed by atoms with E-state index < -0.39 is 22.1 Å². The summed E-state index contributed by atoms with van der Waals surface area (Å²) in [5, 5.41) is 8.89. The Hall–Kier alpha value is -0.920. The van der Waals surface area contributed by atoms with Gasteiger partial charge in [0.1, 0.15) is 0 Å². The smallest absolute Gasteiger partial charge is 0.306 e. The zero-order valence-corrected chi connectivity index (χ0v) is 11.0. The number of carboxylic acid groups (broad SMARTS) is 1. The zero-order valence-electron chi connectivity index (χ0n) is 10.2. The van der Waals surface area contributed by atoms with Gasteiger partial charge in [0.25, 0.3) is 10.2 Å². The molecule has 0 aromatic rings. The van der Waals surface area contributed by atoms with Gasteiger partial charge in [0, 0.05) is 26.2 Å². The van der Waals surface area contributed by atoms with Crippen molar-refractivity contribution in [3.8, 4) is 0 Å². The van der Waals surface area contributed by atoms with Crippen LogP contribution < -0.4 is 0 Å². The lowest BCUT2D eigenvalue weighted by Gasteiger charge is -2.34. The van der Waals surface area contributed by atoms with Crippen molar-refractivity contribution in [3.05, 3.63) is 12.2 Å². The predicted molar refractivity (Wildman–Crippen MR) is 66.2 cm³/mol. The van der Waals surface area contributed by atoms with Crippen LogP contribution in [0.5, 0.6) is 0 Å². The number of aliphatic carboxylic acids is 1. The SMILES string of the molecule is O=C(O)C1CCN(S(=O)(=O)N2CC=CCC2)CC1. The number of carbonyl (C=O) groups is 1. The third kappa shape index (κ3) is 2.73. The number of rotatable bonds is 3. The van der Waals surface area contributed by atoms with E-state index in [1.807, 2.05) is 12.2 Å². The van der Waals surface area contributed by atoms with E-state index in [0.29, 0.717) is 39.0 Å². The highest BCUT2D eigenvalue weighted by atomic mass is 32.2. The minimum Gasteiger partial charge on any atom is -0.481 e. The summed E-state index contributed by atoms with van der Waals surface area (Å²) in [5.74, 6) is -1.23. The molecule has 0 aliphatic carbocycles. The van der Waals surface area contributed by atoms with Crippen molar-refractivity contribution >= 4 is 16.2 Å². The molecular weight excluding hydrogens is 256 g/mol. The van der Waals surface area contributed by atoms with Crippen LogP contribution in [0.1, 0.15) is 19.3 Å². The molecule has 1 N–H and O–H groups in total. The van der Waals surface area contributed by atoms with Gasteiger partial charge in [0.05, 0.1) is 5.92 Å². The third-order valence-electron chi connectivity index (χ3n) is 3.48. The summed E-state index contributed by atoms with van der Waals surface area (Å²) >= 11 is 0. The van der Waals surface area contributed by atoms with Crippen molar-refractivity contribution in [1.82, 2.24) is 8.61 Å². The van der Waals surface area contributed by atoms with Crippen molar-refractivity contribution in [1.29, 1.82) is 0 Å². The molecule has 0 radical (unpaired) electrons. The second-order valence-electron chi connectivity index (χ2n) is 4.64. The van der Waals surface area contributed by atoms with E-state index in [0.717, 1.165) is 6.42 Å².